The third-order valence-electron chi connectivity index (χ3n) is 1.27. The van der Waals surface area contributed by atoms with Crippen molar-refractivity contribution >= 4 is 20.7 Å². The second-order valence-corrected chi connectivity index (χ2v) is 3.03. The van der Waals surface area contributed by atoms with E-state index < -0.39 is 0 Å². The van der Waals surface area contributed by atoms with Crippen LogP contribution in [0.15, 0.2) is 24.3 Å². The number of hydrogen-bond acceptors (Lipinski definition) is 1. The Labute approximate surface area is 68.3 Å². The summed E-state index contributed by atoms with van der Waals surface area (Å²) in [5.74, 6) is 0. The van der Waals surface area contributed by atoms with Crippen LogP contribution in [-0.2, 0) is 0 Å². The topological polar surface area (TPSA) is 17.1 Å². The molecule has 0 saturated carbocycles. The van der Waals surface area contributed by atoms with Crippen LogP contribution in [-0.4, -0.2) is 20.7 Å². The molecule has 0 aliphatic carbocycles. The van der Waals surface area contributed by atoms with Gasteiger partial charge in [-0.1, -0.05) is 0 Å². The Morgan fingerprint density at radius 2 is 2.20 bits per heavy atom. The van der Waals surface area contributed by atoms with Gasteiger partial charge in [-0.2, -0.15) is 0 Å². The van der Waals surface area contributed by atoms with Crippen molar-refractivity contribution in [1.29, 1.82) is 0 Å². The Morgan fingerprint density at radius 3 is 2.60 bits per heavy atom. The minimum absolute atomic E-state index is 0.0659. The van der Waals surface area contributed by atoms with Gasteiger partial charge >= 0.3 is 67.8 Å². The van der Waals surface area contributed by atoms with Crippen molar-refractivity contribution in [2.45, 2.75) is 6.92 Å². The first kappa shape index (κ1) is 7.52. The number of aryl methyl sites for hydroxylation is 1. The molecule has 1 aromatic carbocycles. The third-order valence-corrected chi connectivity index (χ3v) is 1.81. The van der Waals surface area contributed by atoms with E-state index in [1.54, 1.807) is 0 Å². The van der Waals surface area contributed by atoms with Crippen molar-refractivity contribution in [3.05, 3.63) is 35.4 Å². The minimum atomic E-state index is 0.0659. The van der Waals surface area contributed by atoms with E-state index in [0.29, 0.717) is 0 Å². The van der Waals surface area contributed by atoms with Gasteiger partial charge in [0, 0.05) is 0 Å². The second kappa shape index (κ2) is 3.00. The zero-order chi connectivity index (χ0) is 7.56. The van der Waals surface area contributed by atoms with Gasteiger partial charge < -0.3 is 0 Å². The van der Waals surface area contributed by atoms with Crippen molar-refractivity contribution in [3.8, 4) is 0 Å². The van der Waals surface area contributed by atoms with Gasteiger partial charge in [0.05, 0.1) is 0 Å². The molecule has 0 aromatic heterocycles. The normalized spacial score (nSPS) is 9.40. The first-order valence-electron chi connectivity index (χ1n) is 3.00. The number of carbonyl (C=O) groups excluding carboxylic acids is 1. The molecule has 0 aliphatic rings. The van der Waals surface area contributed by atoms with Gasteiger partial charge in [-0.15, -0.1) is 0 Å². The molecule has 0 bridgehead atoms. The van der Waals surface area contributed by atoms with Gasteiger partial charge in [0.2, 0.25) is 0 Å². The molecule has 1 nitrogen and oxygen atoms in total. The van der Waals surface area contributed by atoms with Crippen LogP contribution in [0.3, 0.4) is 0 Å². The zero-order valence-electron chi connectivity index (χ0n) is 5.66. The Bertz CT molecular complexity index is 255. The van der Waals surface area contributed by atoms with Crippen molar-refractivity contribution in [2.75, 3.05) is 0 Å². The fourth-order valence-electron chi connectivity index (χ4n) is 0.778. The molecule has 0 saturated heterocycles. The van der Waals surface area contributed by atoms with E-state index in [9.17, 15) is 4.79 Å². The van der Waals surface area contributed by atoms with E-state index in [-0.39, 0.29) is 4.68 Å². The average molecular weight is 199 g/mol. The molecule has 10 heavy (non-hydrogen) atoms. The van der Waals surface area contributed by atoms with Crippen molar-refractivity contribution < 1.29 is 4.79 Å². The molecule has 0 N–H and O–H groups in total. The first-order chi connectivity index (χ1) is 4.70. The van der Waals surface area contributed by atoms with E-state index >= 15 is 0 Å². The van der Waals surface area contributed by atoms with Crippen LogP contribution in [0.2, 0.25) is 0 Å². The predicted octanol–water partition coefficient (Wildman–Crippen LogP) is 1.04. The Kier molecular flexibility index (Phi) is 2.25. The molecular formula is C8H8OSe. The summed E-state index contributed by atoms with van der Waals surface area (Å²) in [7, 11) is 0. The molecule has 52 valence electrons. The maximum absolute atomic E-state index is 10.8. The summed E-state index contributed by atoms with van der Waals surface area (Å²) in [5.41, 5.74) is 1.89. The molecule has 0 aliphatic heterocycles. The molecule has 0 atom stereocenters. The van der Waals surface area contributed by atoms with Crippen LogP contribution in [0.5, 0.6) is 0 Å². The predicted molar refractivity (Wildman–Crippen MR) is 42.7 cm³/mol. The number of carbonyl (C=O) groups is 1. The van der Waals surface area contributed by atoms with E-state index in [4.69, 9.17) is 0 Å². The Morgan fingerprint density at radius 1 is 1.50 bits per heavy atom. The molecule has 1 rings (SSSR count). The molecule has 0 unspecified atom stereocenters. The summed E-state index contributed by atoms with van der Waals surface area (Å²) in [6, 6.07) is 7.55. The number of benzene rings is 1. The van der Waals surface area contributed by atoms with Crippen molar-refractivity contribution in [1.82, 2.24) is 0 Å². The molecule has 1 aromatic rings. The summed E-state index contributed by atoms with van der Waals surface area (Å²) in [4.78, 5) is 10.8. The monoisotopic (exact) mass is 200 g/mol. The van der Waals surface area contributed by atoms with Crippen molar-refractivity contribution in [2.24, 2.45) is 0 Å². The fraction of sp³-hybridized carbons (Fsp3) is 0.125. The number of rotatable bonds is 1. The first-order valence-corrected chi connectivity index (χ1v) is 3.94. The fourth-order valence-corrected chi connectivity index (χ4v) is 1.07. The number of hydrogen-bond donors (Lipinski definition) is 0. The second-order valence-electron chi connectivity index (χ2n) is 2.17. The maximum atomic E-state index is 10.8. The van der Waals surface area contributed by atoms with E-state index in [1.165, 1.54) is 0 Å². The Hall–Kier alpha value is -0.591. The Balaban J connectivity index is 3.07. The van der Waals surface area contributed by atoms with Gasteiger partial charge in [-0.3, -0.25) is 0 Å². The van der Waals surface area contributed by atoms with Crippen LogP contribution in [0.1, 0.15) is 15.9 Å². The van der Waals surface area contributed by atoms with Crippen LogP contribution in [0.25, 0.3) is 0 Å². The summed E-state index contributed by atoms with van der Waals surface area (Å²) in [6.45, 7) is 1.97. The van der Waals surface area contributed by atoms with Crippen LogP contribution in [0, 0.1) is 6.92 Å². The van der Waals surface area contributed by atoms with Crippen LogP contribution >= 0.6 is 0 Å². The molecule has 0 fully saturated rings. The van der Waals surface area contributed by atoms with E-state index in [2.05, 4.69) is 0 Å². The summed E-state index contributed by atoms with van der Waals surface area (Å²) in [6.07, 6.45) is 0. The quantitative estimate of drug-likeness (QED) is 0.617. The summed E-state index contributed by atoms with van der Waals surface area (Å²) in [5, 5.41) is 0. The molecule has 2 heteroatoms. The van der Waals surface area contributed by atoms with Crippen molar-refractivity contribution in [3.63, 3.8) is 0 Å². The van der Waals surface area contributed by atoms with E-state index in [1.807, 2.05) is 47.2 Å². The van der Waals surface area contributed by atoms with Gasteiger partial charge in [0.25, 0.3) is 0 Å². The zero-order valence-corrected chi connectivity index (χ0v) is 7.54. The third kappa shape index (κ3) is 1.69. The van der Waals surface area contributed by atoms with Crippen LogP contribution < -0.4 is 0 Å². The van der Waals surface area contributed by atoms with Gasteiger partial charge in [0.1, 0.15) is 0 Å². The average Bonchev–Trinajstić information content (AvgIpc) is 1.88. The summed E-state index contributed by atoms with van der Waals surface area (Å²) >= 11 is 2.01. The molecule has 0 heterocycles. The van der Waals surface area contributed by atoms with Gasteiger partial charge in [-0.05, 0) is 0 Å². The van der Waals surface area contributed by atoms with Gasteiger partial charge in [-0.25, -0.2) is 0 Å². The molecule has 0 spiro atoms. The van der Waals surface area contributed by atoms with Gasteiger partial charge in [0.15, 0.2) is 0 Å². The molecule has 0 radical (unpaired) electrons. The summed E-state index contributed by atoms with van der Waals surface area (Å²) < 4.78 is 0.0659. The molecular weight excluding hydrogens is 191 g/mol. The van der Waals surface area contributed by atoms with Crippen LogP contribution in [0.4, 0.5) is 0 Å². The van der Waals surface area contributed by atoms with E-state index in [0.717, 1.165) is 11.1 Å². The standard InChI is InChI=1S/C8H8OSe/c1-6-3-2-4-7(5-6)8(9)10/h2-5H,1H3,(H,9,10). The SMILES string of the molecule is Cc1cccc(C(=O)[SeH])c1. The molecule has 0 amide bonds.